The number of nitrogens with one attached hydrogen (secondary N) is 1. The zero-order chi connectivity index (χ0) is 19.6. The van der Waals surface area contributed by atoms with E-state index < -0.39 is 15.9 Å². The number of fused-ring (bicyclic) bond motifs is 1. The molecule has 0 bridgehead atoms. The number of primary amides is 1. The summed E-state index contributed by atoms with van der Waals surface area (Å²) in [6.45, 7) is -0.00178. The number of para-hydroxylation sites is 1. The summed E-state index contributed by atoms with van der Waals surface area (Å²) in [5, 5.41) is 4.87. The molecule has 1 aromatic heterocycles. The highest BCUT2D eigenvalue weighted by Crippen LogP contribution is 2.25. The van der Waals surface area contributed by atoms with Gasteiger partial charge in [0.25, 0.3) is 10.0 Å². The predicted molar refractivity (Wildman–Crippen MR) is 106 cm³/mol. The van der Waals surface area contributed by atoms with E-state index >= 15 is 0 Å². The molecule has 0 radical (unpaired) electrons. The maximum Gasteiger partial charge on any atom is 0.278 e. The van der Waals surface area contributed by atoms with E-state index in [1.54, 1.807) is 10.8 Å². The number of hydrogen-bond acceptors (Lipinski definition) is 4. The van der Waals surface area contributed by atoms with E-state index in [2.05, 4.69) is 9.93 Å². The molecule has 0 fully saturated rings. The Morgan fingerprint density at radius 1 is 1.22 bits per heavy atom. The number of carbonyl (C=O) groups excluding carboxylic acids is 1. The molecular formula is C17H14Cl2N4O3S. The van der Waals surface area contributed by atoms with E-state index in [1.165, 1.54) is 24.4 Å². The molecule has 0 atom stereocenters. The fourth-order valence-corrected chi connectivity index (χ4v) is 4.13. The lowest BCUT2D eigenvalue weighted by atomic mass is 10.2. The van der Waals surface area contributed by atoms with E-state index in [-0.39, 0.29) is 21.5 Å². The van der Waals surface area contributed by atoms with Gasteiger partial charge in [0.05, 0.1) is 11.2 Å². The molecule has 0 aliphatic rings. The summed E-state index contributed by atoms with van der Waals surface area (Å²) in [5.74, 6) is -0.490. The van der Waals surface area contributed by atoms with Crippen molar-refractivity contribution >= 4 is 56.2 Å². The lowest BCUT2D eigenvalue weighted by Gasteiger charge is -2.05. The van der Waals surface area contributed by atoms with Gasteiger partial charge in [0.2, 0.25) is 5.91 Å². The molecule has 3 N–H and O–H groups in total. The fourth-order valence-electron chi connectivity index (χ4n) is 2.57. The zero-order valence-electron chi connectivity index (χ0n) is 13.8. The topological polar surface area (TPSA) is 107 Å². The molecule has 0 aliphatic heterocycles. The summed E-state index contributed by atoms with van der Waals surface area (Å²) in [6, 6.07) is 11.4. The minimum Gasteiger partial charge on any atom is -0.368 e. The van der Waals surface area contributed by atoms with E-state index in [0.717, 1.165) is 10.9 Å². The number of benzene rings is 2. The molecule has 10 heteroatoms. The minimum atomic E-state index is -3.99. The molecule has 0 spiro atoms. The van der Waals surface area contributed by atoms with Gasteiger partial charge in [0, 0.05) is 27.7 Å². The zero-order valence-corrected chi connectivity index (χ0v) is 16.1. The van der Waals surface area contributed by atoms with Gasteiger partial charge in [-0.05, 0) is 24.3 Å². The van der Waals surface area contributed by atoms with Gasteiger partial charge in [-0.15, -0.1) is 0 Å². The fraction of sp³-hybridized carbons (Fsp3) is 0.0588. The summed E-state index contributed by atoms with van der Waals surface area (Å²) >= 11 is 11.8. The van der Waals surface area contributed by atoms with E-state index in [0.29, 0.717) is 5.56 Å². The molecule has 27 heavy (non-hydrogen) atoms. The Morgan fingerprint density at radius 3 is 2.70 bits per heavy atom. The quantitative estimate of drug-likeness (QED) is 0.469. The number of carbonyl (C=O) groups is 1. The average molecular weight is 425 g/mol. The number of sulfonamides is 1. The number of nitrogens with two attached hydrogens (primary N) is 1. The molecule has 0 saturated carbocycles. The van der Waals surface area contributed by atoms with Crippen LogP contribution in [0.15, 0.2) is 58.7 Å². The van der Waals surface area contributed by atoms with Crippen LogP contribution in [0.3, 0.4) is 0 Å². The Balaban J connectivity index is 1.90. The molecule has 0 saturated heterocycles. The molecular weight excluding hydrogens is 411 g/mol. The van der Waals surface area contributed by atoms with Crippen LogP contribution in [0.2, 0.25) is 10.0 Å². The van der Waals surface area contributed by atoms with Gasteiger partial charge in [-0.3, -0.25) is 4.79 Å². The van der Waals surface area contributed by atoms with Crippen molar-refractivity contribution in [1.29, 1.82) is 0 Å². The summed E-state index contributed by atoms with van der Waals surface area (Å²) in [7, 11) is -3.99. The highest BCUT2D eigenvalue weighted by atomic mass is 35.5. The standard InChI is InChI=1S/C17H14Cl2N4O3S/c18-12-5-6-14(19)16(7-12)27(25,26)22-21-8-11-9-23(10-17(20)24)15-4-2-1-3-13(11)15/h1-9,22H,10H2,(H2,20,24)/b21-8+. The van der Waals surface area contributed by atoms with Gasteiger partial charge < -0.3 is 10.3 Å². The van der Waals surface area contributed by atoms with Crippen molar-refractivity contribution in [2.75, 3.05) is 0 Å². The van der Waals surface area contributed by atoms with Gasteiger partial charge >= 0.3 is 0 Å². The third-order valence-corrected chi connectivity index (χ3v) is 5.64. The number of amides is 1. The molecule has 2 aromatic carbocycles. The van der Waals surface area contributed by atoms with Crippen LogP contribution in [0, 0.1) is 0 Å². The molecule has 7 nitrogen and oxygen atoms in total. The predicted octanol–water partition coefficient (Wildman–Crippen LogP) is 2.75. The summed E-state index contributed by atoms with van der Waals surface area (Å²) < 4.78 is 26.4. The summed E-state index contributed by atoms with van der Waals surface area (Å²) in [4.78, 5) is 13.2. The van der Waals surface area contributed by atoms with Crippen LogP contribution in [-0.4, -0.2) is 25.1 Å². The number of aromatic nitrogens is 1. The van der Waals surface area contributed by atoms with Crippen LogP contribution in [0.25, 0.3) is 10.9 Å². The first-order valence-corrected chi connectivity index (χ1v) is 9.88. The Bertz CT molecular complexity index is 1160. The lowest BCUT2D eigenvalue weighted by Crippen LogP contribution is -2.19. The largest absolute Gasteiger partial charge is 0.368 e. The smallest absolute Gasteiger partial charge is 0.278 e. The Labute approximate surface area is 165 Å². The summed E-state index contributed by atoms with van der Waals surface area (Å²) in [5.41, 5.74) is 6.66. The Kier molecular flexibility index (Phi) is 5.41. The summed E-state index contributed by atoms with van der Waals surface area (Å²) in [6.07, 6.45) is 3.01. The maximum absolute atomic E-state index is 12.4. The first-order chi connectivity index (χ1) is 12.8. The minimum absolute atomic E-state index is 0.00178. The maximum atomic E-state index is 12.4. The van der Waals surface area contributed by atoms with Crippen molar-refractivity contribution < 1.29 is 13.2 Å². The second kappa shape index (κ2) is 7.59. The van der Waals surface area contributed by atoms with Crippen LogP contribution in [0.4, 0.5) is 0 Å². The monoisotopic (exact) mass is 424 g/mol. The van der Waals surface area contributed by atoms with E-state index in [4.69, 9.17) is 28.9 Å². The van der Waals surface area contributed by atoms with Crippen molar-refractivity contribution in [1.82, 2.24) is 9.40 Å². The van der Waals surface area contributed by atoms with Crippen LogP contribution in [-0.2, 0) is 21.4 Å². The molecule has 3 aromatic rings. The van der Waals surface area contributed by atoms with Crippen molar-refractivity contribution in [2.45, 2.75) is 11.4 Å². The van der Waals surface area contributed by atoms with Gasteiger partial charge in [-0.25, -0.2) is 4.83 Å². The lowest BCUT2D eigenvalue weighted by molar-refractivity contribution is -0.118. The average Bonchev–Trinajstić information content (AvgIpc) is 2.94. The Hall–Kier alpha value is -2.55. The van der Waals surface area contributed by atoms with Crippen LogP contribution in [0.1, 0.15) is 5.56 Å². The van der Waals surface area contributed by atoms with Crippen molar-refractivity contribution in [3.8, 4) is 0 Å². The van der Waals surface area contributed by atoms with Crippen molar-refractivity contribution in [3.05, 3.63) is 64.3 Å². The highest BCUT2D eigenvalue weighted by molar-refractivity contribution is 7.89. The normalized spacial score (nSPS) is 11.9. The Morgan fingerprint density at radius 2 is 1.96 bits per heavy atom. The molecule has 1 amide bonds. The SMILES string of the molecule is NC(=O)Cn1cc(/C=N/NS(=O)(=O)c2cc(Cl)ccc2Cl)c2ccccc21. The van der Waals surface area contributed by atoms with Crippen LogP contribution < -0.4 is 10.6 Å². The van der Waals surface area contributed by atoms with Gasteiger partial charge in [-0.1, -0.05) is 41.4 Å². The third-order valence-electron chi connectivity index (χ3n) is 3.70. The van der Waals surface area contributed by atoms with E-state index in [1.807, 2.05) is 24.3 Å². The van der Waals surface area contributed by atoms with Crippen molar-refractivity contribution in [2.24, 2.45) is 10.8 Å². The first-order valence-electron chi connectivity index (χ1n) is 7.64. The van der Waals surface area contributed by atoms with Gasteiger partial charge in [0.15, 0.2) is 0 Å². The first kappa shape index (κ1) is 19.2. The second-order valence-corrected chi connectivity index (χ2v) is 8.10. The van der Waals surface area contributed by atoms with Crippen molar-refractivity contribution in [3.63, 3.8) is 0 Å². The number of hydrogen-bond donors (Lipinski definition) is 2. The van der Waals surface area contributed by atoms with Crippen LogP contribution in [0.5, 0.6) is 0 Å². The second-order valence-electron chi connectivity index (χ2n) is 5.62. The highest BCUT2D eigenvalue weighted by Gasteiger charge is 2.17. The molecule has 1 heterocycles. The third kappa shape index (κ3) is 4.24. The number of rotatable bonds is 6. The van der Waals surface area contributed by atoms with Gasteiger partial charge in [-0.2, -0.15) is 13.5 Å². The molecule has 0 unspecified atom stereocenters. The molecule has 3 rings (SSSR count). The number of hydrazone groups is 1. The number of halogens is 2. The molecule has 0 aliphatic carbocycles. The van der Waals surface area contributed by atoms with E-state index in [9.17, 15) is 13.2 Å². The van der Waals surface area contributed by atoms with Gasteiger partial charge in [0.1, 0.15) is 11.4 Å². The van der Waals surface area contributed by atoms with Crippen LogP contribution >= 0.6 is 23.2 Å². The number of nitrogens with zero attached hydrogens (tertiary/aromatic N) is 2. The molecule has 140 valence electrons.